The van der Waals surface area contributed by atoms with Gasteiger partial charge in [0.05, 0.1) is 11.7 Å². The van der Waals surface area contributed by atoms with E-state index in [-0.39, 0.29) is 11.9 Å². The van der Waals surface area contributed by atoms with Crippen molar-refractivity contribution in [2.75, 3.05) is 18.5 Å². The first kappa shape index (κ1) is 13.5. The lowest BCUT2D eigenvalue weighted by atomic mass is 10.2. The van der Waals surface area contributed by atoms with Crippen LogP contribution in [0, 0.1) is 5.82 Å². The average Bonchev–Trinajstić information content (AvgIpc) is 2.77. The lowest BCUT2D eigenvalue weighted by Crippen LogP contribution is -2.30. The summed E-state index contributed by atoms with van der Waals surface area (Å²) in [5.41, 5.74) is 6.41. The number of hydrogen-bond acceptors (Lipinski definition) is 3. The number of thiophene rings is 1. The average molecular weight is 329 g/mol. The molecule has 0 radical (unpaired) electrons. The summed E-state index contributed by atoms with van der Waals surface area (Å²) in [6.07, 6.45) is 0. The SMILES string of the molecule is CN(c1ccccc1F)C(CN)c1sccc1Br. The van der Waals surface area contributed by atoms with Gasteiger partial charge in [-0.25, -0.2) is 4.39 Å². The Morgan fingerprint density at radius 3 is 2.67 bits per heavy atom. The molecule has 2 nitrogen and oxygen atoms in total. The summed E-state index contributed by atoms with van der Waals surface area (Å²) in [5.74, 6) is -0.230. The number of hydrogen-bond donors (Lipinski definition) is 1. The first-order chi connectivity index (χ1) is 8.65. The molecule has 2 N–H and O–H groups in total. The molecule has 96 valence electrons. The van der Waals surface area contributed by atoms with Gasteiger partial charge >= 0.3 is 0 Å². The van der Waals surface area contributed by atoms with E-state index in [1.54, 1.807) is 23.5 Å². The van der Waals surface area contributed by atoms with Crippen molar-refractivity contribution in [3.63, 3.8) is 0 Å². The highest BCUT2D eigenvalue weighted by Crippen LogP contribution is 2.34. The first-order valence-electron chi connectivity index (χ1n) is 5.55. The van der Waals surface area contributed by atoms with E-state index >= 15 is 0 Å². The fourth-order valence-electron chi connectivity index (χ4n) is 1.89. The molecule has 1 heterocycles. The quantitative estimate of drug-likeness (QED) is 0.925. The molecule has 18 heavy (non-hydrogen) atoms. The normalized spacial score (nSPS) is 12.4. The Labute approximate surface area is 118 Å². The maximum atomic E-state index is 13.8. The van der Waals surface area contributed by atoms with Crippen molar-refractivity contribution < 1.29 is 4.39 Å². The van der Waals surface area contributed by atoms with Crippen LogP contribution in [0.3, 0.4) is 0 Å². The van der Waals surface area contributed by atoms with Gasteiger partial charge in [0.15, 0.2) is 0 Å². The molecule has 1 unspecified atom stereocenters. The monoisotopic (exact) mass is 328 g/mol. The van der Waals surface area contributed by atoms with Crippen LogP contribution >= 0.6 is 27.3 Å². The van der Waals surface area contributed by atoms with Gasteiger partial charge in [0.1, 0.15) is 5.82 Å². The number of benzene rings is 1. The van der Waals surface area contributed by atoms with E-state index in [0.717, 1.165) is 9.35 Å². The fourth-order valence-corrected chi connectivity index (χ4v) is 3.68. The van der Waals surface area contributed by atoms with Crippen molar-refractivity contribution in [1.82, 2.24) is 0 Å². The van der Waals surface area contributed by atoms with Crippen LogP contribution in [0.25, 0.3) is 0 Å². The number of halogens is 2. The molecule has 2 rings (SSSR count). The number of nitrogens with two attached hydrogens (primary N) is 1. The van der Waals surface area contributed by atoms with Crippen LogP contribution in [0.2, 0.25) is 0 Å². The summed E-state index contributed by atoms with van der Waals surface area (Å²) in [4.78, 5) is 3.00. The van der Waals surface area contributed by atoms with Gasteiger partial charge in [0, 0.05) is 22.9 Å². The van der Waals surface area contributed by atoms with Crippen molar-refractivity contribution in [2.45, 2.75) is 6.04 Å². The van der Waals surface area contributed by atoms with Gasteiger partial charge < -0.3 is 10.6 Å². The highest BCUT2D eigenvalue weighted by atomic mass is 79.9. The van der Waals surface area contributed by atoms with Gasteiger partial charge in [-0.15, -0.1) is 11.3 Å². The highest BCUT2D eigenvalue weighted by Gasteiger charge is 2.21. The number of rotatable bonds is 4. The molecule has 0 saturated carbocycles. The Hall–Kier alpha value is -0.910. The maximum Gasteiger partial charge on any atom is 0.146 e. The van der Waals surface area contributed by atoms with Crippen molar-refractivity contribution in [3.8, 4) is 0 Å². The molecule has 0 spiro atoms. The predicted octanol–water partition coefficient (Wildman–Crippen LogP) is 3.79. The minimum absolute atomic E-state index is 0.0312. The molecule has 0 amide bonds. The second kappa shape index (κ2) is 5.82. The van der Waals surface area contributed by atoms with E-state index in [1.807, 2.05) is 29.5 Å². The molecule has 0 aliphatic rings. The Morgan fingerprint density at radius 1 is 1.39 bits per heavy atom. The Kier molecular flexibility index (Phi) is 4.37. The topological polar surface area (TPSA) is 29.3 Å². The minimum atomic E-state index is -0.230. The zero-order chi connectivity index (χ0) is 13.1. The summed E-state index contributed by atoms with van der Waals surface area (Å²) in [5, 5.41) is 2.00. The Bertz CT molecular complexity index is 529. The number of likely N-dealkylation sites (N-methyl/N-ethyl adjacent to an activating group) is 1. The van der Waals surface area contributed by atoms with Crippen LogP contribution in [0.15, 0.2) is 40.2 Å². The molecule has 0 aliphatic carbocycles. The van der Waals surface area contributed by atoms with E-state index in [4.69, 9.17) is 5.73 Å². The molecule has 0 saturated heterocycles. The third-order valence-corrected chi connectivity index (χ3v) is 4.84. The predicted molar refractivity (Wildman–Crippen MR) is 78.6 cm³/mol. The zero-order valence-electron chi connectivity index (χ0n) is 9.94. The second-order valence-electron chi connectivity index (χ2n) is 3.95. The highest BCUT2D eigenvalue weighted by molar-refractivity contribution is 9.10. The largest absolute Gasteiger partial charge is 0.363 e. The summed E-state index contributed by atoms with van der Waals surface area (Å²) in [6.45, 7) is 0.434. The minimum Gasteiger partial charge on any atom is -0.363 e. The summed E-state index contributed by atoms with van der Waals surface area (Å²) in [7, 11) is 1.86. The molecule has 0 bridgehead atoms. The number of nitrogens with zero attached hydrogens (tertiary/aromatic N) is 1. The number of para-hydroxylation sites is 1. The summed E-state index contributed by atoms with van der Waals surface area (Å²) >= 11 is 5.12. The molecule has 5 heteroatoms. The van der Waals surface area contributed by atoms with Gasteiger partial charge in [-0.3, -0.25) is 0 Å². The van der Waals surface area contributed by atoms with E-state index in [2.05, 4.69) is 15.9 Å². The van der Waals surface area contributed by atoms with Gasteiger partial charge in [-0.05, 0) is 39.5 Å². The molecular weight excluding hydrogens is 315 g/mol. The molecule has 0 fully saturated rings. The van der Waals surface area contributed by atoms with Crippen molar-refractivity contribution in [3.05, 3.63) is 50.9 Å². The van der Waals surface area contributed by atoms with Crippen molar-refractivity contribution in [1.29, 1.82) is 0 Å². The number of anilines is 1. The molecule has 2 aromatic rings. The van der Waals surface area contributed by atoms with Crippen molar-refractivity contribution in [2.24, 2.45) is 5.73 Å². The molecule has 0 aliphatic heterocycles. The molecular formula is C13H14BrFN2S. The molecule has 1 aromatic carbocycles. The van der Waals surface area contributed by atoms with Crippen LogP contribution in [0.5, 0.6) is 0 Å². The van der Waals surface area contributed by atoms with Gasteiger partial charge in [0.25, 0.3) is 0 Å². The third-order valence-electron chi connectivity index (χ3n) is 2.87. The fraction of sp³-hybridized carbons (Fsp3) is 0.231. The van der Waals surface area contributed by atoms with Crippen LogP contribution in [-0.2, 0) is 0 Å². The van der Waals surface area contributed by atoms with E-state index in [0.29, 0.717) is 12.2 Å². The first-order valence-corrected chi connectivity index (χ1v) is 7.22. The molecule has 1 atom stereocenters. The smallest absolute Gasteiger partial charge is 0.146 e. The van der Waals surface area contributed by atoms with E-state index in [1.165, 1.54) is 6.07 Å². The standard InChI is InChI=1S/C13H14BrFN2S/c1-17(11-5-3-2-4-10(11)15)12(8-16)13-9(14)6-7-18-13/h2-7,12H,8,16H2,1H3. The van der Waals surface area contributed by atoms with Gasteiger partial charge in [0.2, 0.25) is 0 Å². The third kappa shape index (κ3) is 2.58. The van der Waals surface area contributed by atoms with Crippen LogP contribution in [0.1, 0.15) is 10.9 Å². The Morgan fingerprint density at radius 2 is 2.11 bits per heavy atom. The maximum absolute atomic E-state index is 13.8. The lowest BCUT2D eigenvalue weighted by Gasteiger charge is -2.29. The van der Waals surface area contributed by atoms with E-state index < -0.39 is 0 Å². The summed E-state index contributed by atoms with van der Waals surface area (Å²) in [6, 6.07) is 8.69. The van der Waals surface area contributed by atoms with Crippen LogP contribution in [0.4, 0.5) is 10.1 Å². The van der Waals surface area contributed by atoms with Crippen LogP contribution in [-0.4, -0.2) is 13.6 Å². The lowest BCUT2D eigenvalue weighted by molar-refractivity contribution is 0.605. The molecule has 1 aromatic heterocycles. The van der Waals surface area contributed by atoms with Crippen LogP contribution < -0.4 is 10.6 Å². The summed E-state index contributed by atoms with van der Waals surface area (Å²) < 4.78 is 14.8. The Balaban J connectivity index is 2.35. The van der Waals surface area contributed by atoms with E-state index in [9.17, 15) is 4.39 Å². The van der Waals surface area contributed by atoms with Gasteiger partial charge in [-0.1, -0.05) is 12.1 Å². The second-order valence-corrected chi connectivity index (χ2v) is 5.75. The van der Waals surface area contributed by atoms with Crippen molar-refractivity contribution >= 4 is 33.0 Å². The zero-order valence-corrected chi connectivity index (χ0v) is 12.3. The van der Waals surface area contributed by atoms with Gasteiger partial charge in [-0.2, -0.15) is 0 Å².